The Balaban J connectivity index is 1.28. The molecule has 134 valence electrons. The highest BCUT2D eigenvalue weighted by atomic mass is 32.1. The van der Waals surface area contributed by atoms with Gasteiger partial charge in [-0.1, -0.05) is 30.3 Å². The van der Waals surface area contributed by atoms with E-state index < -0.39 is 0 Å². The number of ether oxygens (including phenoxy) is 1. The molecule has 0 radical (unpaired) electrons. The molecule has 1 aromatic carbocycles. The number of rotatable bonds is 6. The van der Waals surface area contributed by atoms with Crippen LogP contribution in [0.1, 0.15) is 29.4 Å². The van der Waals surface area contributed by atoms with Gasteiger partial charge in [0.05, 0.1) is 11.5 Å². The Labute approximate surface area is 156 Å². The average Bonchev–Trinajstić information content (AvgIpc) is 3.36. The number of hydrogen-bond acceptors (Lipinski definition) is 4. The molecule has 1 amide bonds. The minimum atomic E-state index is -0.0575. The number of aryl methyl sites for hydroxylation is 1. The topological polar surface area (TPSA) is 51.5 Å². The summed E-state index contributed by atoms with van der Waals surface area (Å²) >= 11 is 1.65. The number of hydrogen-bond donors (Lipinski definition) is 1. The van der Waals surface area contributed by atoms with Gasteiger partial charge >= 0.3 is 0 Å². The molecule has 0 fully saturated rings. The highest BCUT2D eigenvalue weighted by Gasteiger charge is 2.20. The minimum Gasteiger partial charge on any atom is -0.460 e. The summed E-state index contributed by atoms with van der Waals surface area (Å²) in [6.07, 6.45) is 1.88. The summed E-state index contributed by atoms with van der Waals surface area (Å²) in [7, 11) is 0. The molecule has 1 aliphatic heterocycles. The first-order valence-electron chi connectivity index (χ1n) is 8.88. The van der Waals surface area contributed by atoms with Gasteiger partial charge in [0.25, 0.3) is 0 Å². The largest absolute Gasteiger partial charge is 0.460 e. The van der Waals surface area contributed by atoms with E-state index in [0.717, 1.165) is 22.8 Å². The molecule has 1 N–H and O–H groups in total. The second kappa shape index (κ2) is 7.89. The number of fused-ring (bicyclic) bond motifs is 1. The van der Waals surface area contributed by atoms with Crippen molar-refractivity contribution < 1.29 is 13.9 Å². The predicted octanol–water partition coefficient (Wildman–Crippen LogP) is 4.37. The fraction of sp³-hybridized carbons (Fsp3) is 0.286. The molecule has 0 aliphatic carbocycles. The van der Waals surface area contributed by atoms with Crippen LogP contribution in [0.5, 0.6) is 0 Å². The molecule has 3 heterocycles. The summed E-state index contributed by atoms with van der Waals surface area (Å²) < 4.78 is 11.7. The van der Waals surface area contributed by atoms with Gasteiger partial charge in [-0.25, -0.2) is 0 Å². The van der Waals surface area contributed by atoms with Gasteiger partial charge in [-0.3, -0.25) is 4.79 Å². The zero-order valence-corrected chi connectivity index (χ0v) is 15.3. The Morgan fingerprint density at radius 1 is 1.15 bits per heavy atom. The molecule has 5 heteroatoms. The predicted molar refractivity (Wildman–Crippen MR) is 102 cm³/mol. The van der Waals surface area contributed by atoms with Crippen molar-refractivity contribution in [2.75, 3.05) is 13.2 Å². The molecule has 0 saturated heterocycles. The zero-order valence-electron chi connectivity index (χ0n) is 14.4. The van der Waals surface area contributed by atoms with Crippen LogP contribution in [0.15, 0.2) is 58.3 Å². The molecule has 1 atom stereocenters. The van der Waals surface area contributed by atoms with Crippen molar-refractivity contribution in [3.63, 3.8) is 0 Å². The van der Waals surface area contributed by atoms with Crippen molar-refractivity contribution >= 4 is 17.2 Å². The van der Waals surface area contributed by atoms with Crippen LogP contribution in [0.4, 0.5) is 0 Å². The molecule has 0 bridgehead atoms. The highest BCUT2D eigenvalue weighted by molar-refractivity contribution is 7.13. The SMILES string of the molecule is O=C(CCc1ccc(-c2cccs2)o1)NC[C@H]1OCCc2ccccc21. The van der Waals surface area contributed by atoms with E-state index in [9.17, 15) is 4.79 Å². The van der Waals surface area contributed by atoms with Gasteiger partial charge in [-0.15, -0.1) is 11.3 Å². The Hall–Kier alpha value is -2.37. The number of furan rings is 1. The Bertz CT molecular complexity index is 869. The van der Waals surface area contributed by atoms with Gasteiger partial charge in [0.2, 0.25) is 5.91 Å². The number of amides is 1. The van der Waals surface area contributed by atoms with E-state index >= 15 is 0 Å². The van der Waals surface area contributed by atoms with Gasteiger partial charge < -0.3 is 14.5 Å². The molecular formula is C21H21NO3S. The van der Waals surface area contributed by atoms with Crippen molar-refractivity contribution in [2.24, 2.45) is 0 Å². The van der Waals surface area contributed by atoms with E-state index in [2.05, 4.69) is 17.4 Å². The average molecular weight is 367 g/mol. The fourth-order valence-electron chi connectivity index (χ4n) is 3.24. The normalized spacial score (nSPS) is 16.2. The van der Waals surface area contributed by atoms with Crippen LogP contribution in [-0.2, 0) is 22.4 Å². The zero-order chi connectivity index (χ0) is 17.8. The van der Waals surface area contributed by atoms with Crippen molar-refractivity contribution in [3.8, 4) is 10.6 Å². The number of nitrogens with one attached hydrogen (secondary N) is 1. The molecule has 0 saturated carbocycles. The number of carbonyl (C=O) groups excluding carboxylic acids is 1. The van der Waals surface area contributed by atoms with Crippen LogP contribution in [0.3, 0.4) is 0 Å². The lowest BCUT2D eigenvalue weighted by molar-refractivity contribution is -0.121. The second-order valence-corrected chi connectivity index (χ2v) is 7.30. The van der Waals surface area contributed by atoms with Gasteiger partial charge in [-0.05, 0) is 41.1 Å². The third-order valence-corrected chi connectivity index (χ3v) is 5.49. The van der Waals surface area contributed by atoms with Crippen molar-refractivity contribution in [1.82, 2.24) is 5.32 Å². The third kappa shape index (κ3) is 3.89. The summed E-state index contributed by atoms with van der Waals surface area (Å²) in [5.74, 6) is 1.72. The van der Waals surface area contributed by atoms with Crippen molar-refractivity contribution in [2.45, 2.75) is 25.4 Å². The quantitative estimate of drug-likeness (QED) is 0.704. The van der Waals surface area contributed by atoms with Crippen LogP contribution in [0.2, 0.25) is 0 Å². The molecule has 4 rings (SSSR count). The van der Waals surface area contributed by atoms with E-state index in [1.165, 1.54) is 11.1 Å². The first kappa shape index (κ1) is 17.1. The highest BCUT2D eigenvalue weighted by Crippen LogP contribution is 2.27. The van der Waals surface area contributed by atoms with Gasteiger partial charge in [0.15, 0.2) is 0 Å². The van der Waals surface area contributed by atoms with Crippen molar-refractivity contribution in [3.05, 3.63) is 70.8 Å². The van der Waals surface area contributed by atoms with E-state index in [1.807, 2.05) is 41.8 Å². The van der Waals surface area contributed by atoms with E-state index in [1.54, 1.807) is 11.3 Å². The van der Waals surface area contributed by atoms with Crippen LogP contribution < -0.4 is 5.32 Å². The Kier molecular flexibility index (Phi) is 5.18. The molecule has 0 unspecified atom stereocenters. The molecule has 3 aromatic rings. The summed E-state index contributed by atoms with van der Waals surface area (Å²) in [6, 6.07) is 16.2. The molecular weight excluding hydrogens is 346 g/mol. The summed E-state index contributed by atoms with van der Waals surface area (Å²) in [5.41, 5.74) is 2.50. The number of thiophene rings is 1. The molecule has 0 spiro atoms. The lowest BCUT2D eigenvalue weighted by Gasteiger charge is -2.26. The summed E-state index contributed by atoms with van der Waals surface area (Å²) in [5, 5.41) is 5.02. The van der Waals surface area contributed by atoms with Gasteiger partial charge in [-0.2, -0.15) is 0 Å². The van der Waals surface area contributed by atoms with Crippen LogP contribution in [0, 0.1) is 0 Å². The van der Waals surface area contributed by atoms with Gasteiger partial charge in [0, 0.05) is 19.4 Å². The van der Waals surface area contributed by atoms with Crippen LogP contribution >= 0.6 is 11.3 Å². The molecule has 4 nitrogen and oxygen atoms in total. The summed E-state index contributed by atoms with van der Waals surface area (Å²) in [6.45, 7) is 1.21. The van der Waals surface area contributed by atoms with Gasteiger partial charge in [0.1, 0.15) is 17.6 Å². The molecule has 26 heavy (non-hydrogen) atoms. The van der Waals surface area contributed by atoms with E-state index in [0.29, 0.717) is 26.0 Å². The Morgan fingerprint density at radius 2 is 2.08 bits per heavy atom. The summed E-state index contributed by atoms with van der Waals surface area (Å²) in [4.78, 5) is 13.3. The molecule has 1 aliphatic rings. The van der Waals surface area contributed by atoms with E-state index in [4.69, 9.17) is 9.15 Å². The van der Waals surface area contributed by atoms with Crippen molar-refractivity contribution in [1.29, 1.82) is 0 Å². The van der Waals surface area contributed by atoms with Crippen LogP contribution in [0.25, 0.3) is 10.6 Å². The molecule has 2 aromatic heterocycles. The lowest BCUT2D eigenvalue weighted by Crippen LogP contribution is -2.31. The monoisotopic (exact) mass is 367 g/mol. The Morgan fingerprint density at radius 3 is 2.96 bits per heavy atom. The smallest absolute Gasteiger partial charge is 0.220 e. The maximum absolute atomic E-state index is 12.2. The maximum Gasteiger partial charge on any atom is 0.220 e. The standard InChI is InChI=1S/C21H21NO3S/c23-21(10-8-16-7-9-18(25-16)20-6-3-13-26-20)22-14-19-17-5-2-1-4-15(17)11-12-24-19/h1-7,9,13,19H,8,10-12,14H2,(H,22,23)/t19-/m1/s1. The first-order chi connectivity index (χ1) is 12.8. The second-order valence-electron chi connectivity index (χ2n) is 6.36. The van der Waals surface area contributed by atoms with E-state index in [-0.39, 0.29) is 12.0 Å². The third-order valence-electron chi connectivity index (χ3n) is 4.60. The first-order valence-corrected chi connectivity index (χ1v) is 9.76. The van der Waals surface area contributed by atoms with Crippen LogP contribution in [-0.4, -0.2) is 19.1 Å². The fourth-order valence-corrected chi connectivity index (χ4v) is 3.93. The lowest BCUT2D eigenvalue weighted by atomic mass is 9.97. The minimum absolute atomic E-state index is 0.0192. The maximum atomic E-state index is 12.2. The number of carbonyl (C=O) groups is 1. The number of benzene rings is 1.